The Morgan fingerprint density at radius 1 is 0.355 bits per heavy atom. The van der Waals surface area contributed by atoms with Crippen molar-refractivity contribution in [1.82, 2.24) is 0 Å². The molecule has 76 heavy (non-hydrogen) atoms. The summed E-state index contributed by atoms with van der Waals surface area (Å²) in [5.74, 6) is 0. The van der Waals surface area contributed by atoms with E-state index in [4.69, 9.17) is 8.83 Å². The van der Waals surface area contributed by atoms with E-state index < -0.39 is 0 Å². The molecule has 2 heterocycles. The minimum Gasteiger partial charge on any atom is -0.455 e. The van der Waals surface area contributed by atoms with E-state index in [0.29, 0.717) is 0 Å². The zero-order chi connectivity index (χ0) is 51.8. The third-order valence-electron chi connectivity index (χ3n) is 18.0. The summed E-state index contributed by atoms with van der Waals surface area (Å²) in [5.41, 5.74) is 28.0. The molecule has 0 fully saturated rings. The molecule has 0 saturated carbocycles. The first-order chi connectivity index (χ1) is 36.6. The Bertz CT molecular complexity index is 4440. The molecule has 0 radical (unpaired) electrons. The Labute approximate surface area is 445 Å². The minimum atomic E-state index is -0.348. The van der Waals surface area contributed by atoms with E-state index in [2.05, 4.69) is 261 Å². The van der Waals surface area contributed by atoms with Crippen LogP contribution in [0.4, 0.5) is 17.1 Å². The molecule has 0 unspecified atom stereocenters. The van der Waals surface area contributed by atoms with Crippen LogP contribution in [0.15, 0.2) is 203 Å². The molecule has 3 aliphatic rings. The number of para-hydroxylation sites is 2. The first-order valence-electron chi connectivity index (χ1n) is 27.1. The van der Waals surface area contributed by atoms with Crippen LogP contribution < -0.4 is 4.90 Å². The topological polar surface area (TPSA) is 29.5 Å². The lowest BCUT2D eigenvalue weighted by atomic mass is 9.72. The fourth-order valence-corrected chi connectivity index (χ4v) is 14.1. The molecule has 0 bridgehead atoms. The predicted octanol–water partition coefficient (Wildman–Crippen LogP) is 20.5. The second kappa shape index (κ2) is 15.4. The van der Waals surface area contributed by atoms with Crippen LogP contribution in [0.3, 0.4) is 0 Å². The lowest BCUT2D eigenvalue weighted by Crippen LogP contribution is -2.24. The van der Waals surface area contributed by atoms with Gasteiger partial charge in [-0.25, -0.2) is 0 Å². The Morgan fingerprint density at radius 2 is 0.842 bits per heavy atom. The maximum absolute atomic E-state index is 7.08. The van der Waals surface area contributed by atoms with Crippen molar-refractivity contribution in [2.45, 2.75) is 84.0 Å². The van der Waals surface area contributed by atoms with Crippen LogP contribution in [-0.2, 0) is 21.7 Å². The summed E-state index contributed by atoms with van der Waals surface area (Å²) in [6.07, 6.45) is 0. The summed E-state index contributed by atoms with van der Waals surface area (Å²) in [6, 6.07) is 72.0. The van der Waals surface area contributed by atoms with E-state index in [9.17, 15) is 0 Å². The second-order valence-electron chi connectivity index (χ2n) is 24.4. The van der Waals surface area contributed by atoms with Gasteiger partial charge in [0, 0.05) is 66.0 Å². The monoisotopic (exact) mass is 981 g/mol. The number of anilines is 3. The van der Waals surface area contributed by atoms with Gasteiger partial charge >= 0.3 is 0 Å². The molecule has 2 aromatic heterocycles. The van der Waals surface area contributed by atoms with Crippen LogP contribution in [0.1, 0.15) is 101 Å². The van der Waals surface area contributed by atoms with Gasteiger partial charge in [0.05, 0.1) is 0 Å². The lowest BCUT2D eigenvalue weighted by molar-refractivity contribution is 0.590. The highest BCUT2D eigenvalue weighted by atomic mass is 16.3. The Hall–Kier alpha value is -8.40. The van der Waals surface area contributed by atoms with Gasteiger partial charge in [0.15, 0.2) is 0 Å². The number of fused-ring (bicyclic) bond motifs is 19. The number of rotatable bonds is 5. The molecular weight excluding hydrogens is 923 g/mol. The molecule has 3 nitrogen and oxygen atoms in total. The standard InChI is InChI=1S/C73H59NO2/c1-70(2,3)45-31-33-46(34-32-45)74(48-36-38-51-57(40-48)73(8,9)67-65(51)69-64(53-23-15-18-26-60(53)76-69)62-49-21-13-16-24-55(49)72(6,7)66(62)67)47-35-37-50-56(39-47)71(4,5)58-41-54(44-29-27-43(28-30-44)42-19-11-10-12-20-42)68-63(61(50)58)52-22-14-17-25-59(52)75-68/h10-41H,1-9H3. The highest BCUT2D eigenvalue weighted by molar-refractivity contribution is 6.21. The summed E-state index contributed by atoms with van der Waals surface area (Å²) in [7, 11) is 0. The van der Waals surface area contributed by atoms with E-state index in [0.717, 1.165) is 55.9 Å². The van der Waals surface area contributed by atoms with E-state index in [1.54, 1.807) is 0 Å². The largest absolute Gasteiger partial charge is 0.455 e. The van der Waals surface area contributed by atoms with Crippen LogP contribution in [0, 0.1) is 0 Å². The average Bonchev–Trinajstić information content (AvgIpc) is 4.22. The molecule has 368 valence electrons. The third-order valence-corrected chi connectivity index (χ3v) is 18.0. The normalized spacial score (nSPS) is 15.2. The number of hydrogen-bond donors (Lipinski definition) is 0. The molecule has 10 aromatic carbocycles. The molecule has 12 aromatic rings. The van der Waals surface area contributed by atoms with Crippen molar-refractivity contribution < 1.29 is 8.83 Å². The van der Waals surface area contributed by atoms with Gasteiger partial charge in [-0.05, 0) is 143 Å². The zero-order valence-corrected chi connectivity index (χ0v) is 44.7. The van der Waals surface area contributed by atoms with Crippen molar-refractivity contribution in [3.63, 3.8) is 0 Å². The van der Waals surface area contributed by atoms with E-state index in [1.165, 1.54) is 99.6 Å². The summed E-state index contributed by atoms with van der Waals surface area (Å²) < 4.78 is 14.0. The van der Waals surface area contributed by atoms with Crippen molar-refractivity contribution in [3.05, 3.63) is 233 Å². The maximum atomic E-state index is 7.08. The van der Waals surface area contributed by atoms with Gasteiger partial charge < -0.3 is 13.7 Å². The Balaban J connectivity index is 0.922. The highest BCUT2D eigenvalue weighted by Crippen LogP contribution is 2.64. The number of nitrogens with zero attached hydrogens (tertiary/aromatic N) is 1. The molecule has 0 amide bonds. The minimum absolute atomic E-state index is 0.0111. The van der Waals surface area contributed by atoms with Crippen LogP contribution in [-0.4, -0.2) is 0 Å². The van der Waals surface area contributed by atoms with Crippen molar-refractivity contribution in [3.8, 4) is 55.6 Å². The quantitative estimate of drug-likeness (QED) is 0.172. The van der Waals surface area contributed by atoms with Crippen molar-refractivity contribution in [2.75, 3.05) is 4.90 Å². The number of benzene rings is 10. The van der Waals surface area contributed by atoms with Crippen LogP contribution in [0.2, 0.25) is 0 Å². The van der Waals surface area contributed by atoms with Gasteiger partial charge in [-0.2, -0.15) is 0 Å². The van der Waals surface area contributed by atoms with Crippen LogP contribution >= 0.6 is 0 Å². The van der Waals surface area contributed by atoms with Gasteiger partial charge in [-0.1, -0.05) is 202 Å². The molecule has 0 spiro atoms. The Kier molecular flexibility index (Phi) is 9.10. The summed E-state index contributed by atoms with van der Waals surface area (Å²) in [6.45, 7) is 21.4. The molecule has 15 rings (SSSR count). The smallest absolute Gasteiger partial charge is 0.144 e. The molecule has 0 atom stereocenters. The first kappa shape index (κ1) is 45.0. The van der Waals surface area contributed by atoms with Gasteiger partial charge in [-0.15, -0.1) is 0 Å². The molecule has 3 aliphatic carbocycles. The maximum Gasteiger partial charge on any atom is 0.144 e. The van der Waals surface area contributed by atoms with Crippen LogP contribution in [0.25, 0.3) is 99.5 Å². The molecular formula is C73H59NO2. The van der Waals surface area contributed by atoms with Crippen molar-refractivity contribution in [1.29, 1.82) is 0 Å². The highest BCUT2D eigenvalue weighted by Gasteiger charge is 2.49. The van der Waals surface area contributed by atoms with Crippen molar-refractivity contribution in [2.24, 2.45) is 0 Å². The predicted molar refractivity (Wildman–Crippen MR) is 318 cm³/mol. The molecule has 0 N–H and O–H groups in total. The number of hydrogen-bond acceptors (Lipinski definition) is 3. The van der Waals surface area contributed by atoms with Crippen molar-refractivity contribution >= 4 is 60.9 Å². The summed E-state index contributed by atoms with van der Waals surface area (Å²) in [5, 5.41) is 4.73. The van der Waals surface area contributed by atoms with Gasteiger partial charge in [-0.3, -0.25) is 0 Å². The van der Waals surface area contributed by atoms with E-state index >= 15 is 0 Å². The lowest BCUT2D eigenvalue weighted by Gasteiger charge is -2.32. The van der Waals surface area contributed by atoms with E-state index in [-0.39, 0.29) is 21.7 Å². The zero-order valence-electron chi connectivity index (χ0n) is 44.7. The van der Waals surface area contributed by atoms with Gasteiger partial charge in [0.2, 0.25) is 0 Å². The third kappa shape index (κ3) is 6.06. The summed E-state index contributed by atoms with van der Waals surface area (Å²) in [4.78, 5) is 2.49. The summed E-state index contributed by atoms with van der Waals surface area (Å²) >= 11 is 0. The second-order valence-corrected chi connectivity index (χ2v) is 24.4. The average molecular weight is 982 g/mol. The molecule has 0 saturated heterocycles. The first-order valence-corrected chi connectivity index (χ1v) is 27.1. The number of furan rings is 2. The van der Waals surface area contributed by atoms with Gasteiger partial charge in [0.1, 0.15) is 22.3 Å². The Morgan fingerprint density at radius 3 is 1.50 bits per heavy atom. The fourth-order valence-electron chi connectivity index (χ4n) is 14.1. The molecule has 0 aliphatic heterocycles. The van der Waals surface area contributed by atoms with Crippen LogP contribution in [0.5, 0.6) is 0 Å². The molecule has 3 heteroatoms. The van der Waals surface area contributed by atoms with Gasteiger partial charge in [0.25, 0.3) is 0 Å². The fraction of sp³-hybridized carbons (Fsp3) is 0.178. The SMILES string of the molecule is CC(C)(C)c1ccc(N(c2ccc3c(c2)C(C)(C)c2cc(-c4ccc(-c5ccccc5)cc4)c4oc5ccccc5c4c2-3)c2ccc3c(c2)C(C)(C)c2c4c(c5c(oc6ccccc65)c2-3)-c2ccccc2C4(C)C)cc1. The van der Waals surface area contributed by atoms with E-state index in [1.807, 2.05) is 0 Å².